The van der Waals surface area contributed by atoms with E-state index in [2.05, 4.69) is 41.4 Å². The summed E-state index contributed by atoms with van der Waals surface area (Å²) >= 11 is 0. The Kier molecular flexibility index (Phi) is 4.68. The quantitative estimate of drug-likeness (QED) is 0.865. The van der Waals surface area contributed by atoms with Crippen LogP contribution in [0.3, 0.4) is 0 Å². The molecular formula is C15H22N4. The molecule has 19 heavy (non-hydrogen) atoms. The van der Waals surface area contributed by atoms with Crippen molar-refractivity contribution < 1.29 is 0 Å². The molecule has 0 aliphatic heterocycles. The minimum atomic E-state index is 0.676. The fraction of sp³-hybridized carbons (Fsp3) is 0.467. The second kappa shape index (κ2) is 6.48. The number of aryl methyl sites for hydroxylation is 1. The molecular weight excluding hydrogens is 236 g/mol. The van der Waals surface area contributed by atoms with Gasteiger partial charge in [-0.1, -0.05) is 19.9 Å². The fourth-order valence-corrected chi connectivity index (χ4v) is 1.88. The van der Waals surface area contributed by atoms with Crippen molar-refractivity contribution in [2.45, 2.75) is 33.9 Å². The third kappa shape index (κ3) is 4.48. The molecule has 0 atom stereocenters. The highest BCUT2D eigenvalue weighted by Crippen LogP contribution is 2.03. The van der Waals surface area contributed by atoms with Crippen LogP contribution < -0.4 is 5.32 Å². The first-order valence-corrected chi connectivity index (χ1v) is 6.77. The molecule has 1 N–H and O–H groups in total. The standard InChI is InChI=1S/C15H22N4/c1-12(2)6-16-8-14-4-5-15(17-9-14)11-19-10-13(3)7-18-19/h4-5,7,9-10,12,16H,6,8,11H2,1-3H3. The van der Waals surface area contributed by atoms with Crippen LogP contribution in [0, 0.1) is 12.8 Å². The first-order chi connectivity index (χ1) is 9.13. The Labute approximate surface area is 114 Å². The Balaban J connectivity index is 1.87. The summed E-state index contributed by atoms with van der Waals surface area (Å²) in [4.78, 5) is 4.48. The minimum Gasteiger partial charge on any atom is -0.312 e. The molecule has 0 radical (unpaired) electrons. The van der Waals surface area contributed by atoms with Crippen molar-refractivity contribution in [1.82, 2.24) is 20.1 Å². The van der Waals surface area contributed by atoms with Crippen molar-refractivity contribution in [1.29, 1.82) is 0 Å². The molecule has 2 aromatic rings. The van der Waals surface area contributed by atoms with Crippen LogP contribution >= 0.6 is 0 Å². The zero-order valence-electron chi connectivity index (χ0n) is 11.9. The third-order valence-electron chi connectivity index (χ3n) is 2.85. The van der Waals surface area contributed by atoms with Gasteiger partial charge >= 0.3 is 0 Å². The van der Waals surface area contributed by atoms with Crippen LogP contribution in [-0.2, 0) is 13.1 Å². The normalized spacial score (nSPS) is 11.2. The summed E-state index contributed by atoms with van der Waals surface area (Å²) in [5.41, 5.74) is 3.44. The molecule has 0 aromatic carbocycles. The molecule has 0 saturated heterocycles. The third-order valence-corrected chi connectivity index (χ3v) is 2.85. The van der Waals surface area contributed by atoms with E-state index in [0.717, 1.165) is 25.3 Å². The maximum Gasteiger partial charge on any atom is 0.0831 e. The summed E-state index contributed by atoms with van der Waals surface area (Å²) in [5, 5.41) is 7.68. The Morgan fingerprint density at radius 3 is 2.68 bits per heavy atom. The summed E-state index contributed by atoms with van der Waals surface area (Å²) in [6, 6.07) is 4.20. The van der Waals surface area contributed by atoms with E-state index >= 15 is 0 Å². The second-order valence-corrected chi connectivity index (χ2v) is 5.40. The van der Waals surface area contributed by atoms with Gasteiger partial charge < -0.3 is 5.32 Å². The van der Waals surface area contributed by atoms with Gasteiger partial charge in [0.1, 0.15) is 0 Å². The molecule has 0 saturated carbocycles. The van der Waals surface area contributed by atoms with Crippen LogP contribution in [0.1, 0.15) is 30.7 Å². The van der Waals surface area contributed by atoms with Crippen LogP contribution in [0.25, 0.3) is 0 Å². The van der Waals surface area contributed by atoms with E-state index in [0.29, 0.717) is 5.92 Å². The summed E-state index contributed by atoms with van der Waals surface area (Å²) in [6.07, 6.45) is 5.84. The number of hydrogen-bond donors (Lipinski definition) is 1. The van der Waals surface area contributed by atoms with Crippen molar-refractivity contribution >= 4 is 0 Å². The summed E-state index contributed by atoms with van der Waals surface area (Å²) < 4.78 is 1.91. The molecule has 0 unspecified atom stereocenters. The molecule has 2 rings (SSSR count). The van der Waals surface area contributed by atoms with Crippen LogP contribution in [0.15, 0.2) is 30.7 Å². The highest BCUT2D eigenvalue weighted by atomic mass is 15.3. The fourth-order valence-electron chi connectivity index (χ4n) is 1.88. The first-order valence-electron chi connectivity index (χ1n) is 6.77. The van der Waals surface area contributed by atoms with Crippen LogP contribution in [0.4, 0.5) is 0 Å². The van der Waals surface area contributed by atoms with Gasteiger partial charge in [0.05, 0.1) is 18.4 Å². The Bertz CT molecular complexity index is 499. The Morgan fingerprint density at radius 2 is 2.11 bits per heavy atom. The lowest BCUT2D eigenvalue weighted by molar-refractivity contribution is 0.551. The van der Waals surface area contributed by atoms with E-state index in [1.807, 2.05) is 30.2 Å². The predicted octanol–water partition coefficient (Wildman–Crippen LogP) is 2.38. The van der Waals surface area contributed by atoms with Crippen molar-refractivity contribution in [2.75, 3.05) is 6.54 Å². The van der Waals surface area contributed by atoms with E-state index in [1.54, 1.807) is 0 Å². The largest absolute Gasteiger partial charge is 0.312 e. The molecule has 2 aromatic heterocycles. The van der Waals surface area contributed by atoms with Crippen molar-refractivity contribution in [3.63, 3.8) is 0 Å². The zero-order valence-corrected chi connectivity index (χ0v) is 11.9. The summed E-state index contributed by atoms with van der Waals surface area (Å²) in [5.74, 6) is 0.676. The van der Waals surface area contributed by atoms with Gasteiger partial charge in [-0.05, 0) is 36.6 Å². The van der Waals surface area contributed by atoms with Gasteiger partial charge in [0.15, 0.2) is 0 Å². The molecule has 0 fully saturated rings. The van der Waals surface area contributed by atoms with Gasteiger partial charge in [0, 0.05) is 18.9 Å². The van der Waals surface area contributed by atoms with Gasteiger partial charge in [-0.2, -0.15) is 5.10 Å². The topological polar surface area (TPSA) is 42.7 Å². The van der Waals surface area contributed by atoms with Crippen LogP contribution in [0.5, 0.6) is 0 Å². The number of aromatic nitrogens is 3. The number of hydrogen-bond acceptors (Lipinski definition) is 3. The summed E-state index contributed by atoms with van der Waals surface area (Å²) in [7, 11) is 0. The van der Waals surface area contributed by atoms with Crippen molar-refractivity contribution in [2.24, 2.45) is 5.92 Å². The van der Waals surface area contributed by atoms with Gasteiger partial charge in [-0.15, -0.1) is 0 Å². The van der Waals surface area contributed by atoms with E-state index in [9.17, 15) is 0 Å². The maximum absolute atomic E-state index is 4.48. The van der Waals surface area contributed by atoms with E-state index < -0.39 is 0 Å². The van der Waals surface area contributed by atoms with Crippen molar-refractivity contribution in [3.8, 4) is 0 Å². The number of rotatable bonds is 6. The second-order valence-electron chi connectivity index (χ2n) is 5.40. The highest BCUT2D eigenvalue weighted by Gasteiger charge is 2.00. The number of nitrogens with one attached hydrogen (secondary N) is 1. The number of pyridine rings is 1. The lowest BCUT2D eigenvalue weighted by Crippen LogP contribution is -2.19. The van der Waals surface area contributed by atoms with Gasteiger partial charge in [0.2, 0.25) is 0 Å². The lowest BCUT2D eigenvalue weighted by atomic mass is 10.2. The number of nitrogens with zero attached hydrogens (tertiary/aromatic N) is 3. The van der Waals surface area contributed by atoms with E-state index in [-0.39, 0.29) is 0 Å². The van der Waals surface area contributed by atoms with Gasteiger partial charge in [-0.25, -0.2) is 0 Å². The van der Waals surface area contributed by atoms with E-state index in [1.165, 1.54) is 11.1 Å². The molecule has 0 spiro atoms. The molecule has 0 amide bonds. The van der Waals surface area contributed by atoms with Gasteiger partial charge in [-0.3, -0.25) is 9.67 Å². The lowest BCUT2D eigenvalue weighted by Gasteiger charge is -2.07. The summed E-state index contributed by atoms with van der Waals surface area (Å²) in [6.45, 7) is 9.11. The monoisotopic (exact) mass is 258 g/mol. The van der Waals surface area contributed by atoms with Gasteiger partial charge in [0.25, 0.3) is 0 Å². The Morgan fingerprint density at radius 1 is 1.26 bits per heavy atom. The minimum absolute atomic E-state index is 0.676. The smallest absolute Gasteiger partial charge is 0.0831 e. The SMILES string of the molecule is Cc1cnn(Cc2ccc(CNCC(C)C)cn2)c1. The van der Waals surface area contributed by atoms with E-state index in [4.69, 9.17) is 0 Å². The predicted molar refractivity (Wildman–Crippen MR) is 76.8 cm³/mol. The molecule has 2 heterocycles. The molecule has 102 valence electrons. The molecule has 4 nitrogen and oxygen atoms in total. The van der Waals surface area contributed by atoms with Crippen molar-refractivity contribution in [3.05, 3.63) is 47.5 Å². The van der Waals surface area contributed by atoms with Crippen LogP contribution in [0.2, 0.25) is 0 Å². The Hall–Kier alpha value is -1.68. The first kappa shape index (κ1) is 13.7. The average Bonchev–Trinajstić information content (AvgIpc) is 2.77. The molecule has 0 bridgehead atoms. The zero-order chi connectivity index (χ0) is 13.7. The molecule has 4 heteroatoms. The molecule has 0 aliphatic rings. The highest BCUT2D eigenvalue weighted by molar-refractivity contribution is 5.14. The average molecular weight is 258 g/mol. The maximum atomic E-state index is 4.48. The molecule has 0 aliphatic carbocycles. The van der Waals surface area contributed by atoms with Crippen LogP contribution in [-0.4, -0.2) is 21.3 Å².